The summed E-state index contributed by atoms with van der Waals surface area (Å²) in [5.41, 5.74) is 0. The molecule has 0 radical (unpaired) electrons. The Balaban J connectivity index is 1.47. The van der Waals surface area contributed by atoms with Gasteiger partial charge in [-0.1, -0.05) is 12.8 Å². The quantitative estimate of drug-likeness (QED) is 0.920. The molecular weight excluding hydrogens is 284 g/mol. The third kappa shape index (κ3) is 3.55. The van der Waals surface area contributed by atoms with Crippen LogP contribution in [0.5, 0.6) is 0 Å². The van der Waals surface area contributed by atoms with E-state index in [4.69, 9.17) is 0 Å². The molecule has 3 rings (SSSR count). The lowest BCUT2D eigenvalue weighted by molar-refractivity contribution is -0.126. The van der Waals surface area contributed by atoms with Crippen LogP contribution in [0.25, 0.3) is 0 Å². The molecule has 1 atom stereocenters. The lowest BCUT2D eigenvalue weighted by Gasteiger charge is -2.37. The van der Waals surface area contributed by atoms with E-state index in [1.165, 1.54) is 12.8 Å². The minimum atomic E-state index is -0.0240. The number of nitrogens with zero attached hydrogens (tertiary/aromatic N) is 3. The Labute approximate surface area is 130 Å². The summed E-state index contributed by atoms with van der Waals surface area (Å²) in [5, 5.41) is 6.32. The zero-order valence-corrected chi connectivity index (χ0v) is 13.4. The van der Waals surface area contributed by atoms with Crippen molar-refractivity contribution in [3.05, 3.63) is 11.6 Å². The number of carbonyl (C=O) groups is 1. The molecule has 5 nitrogen and oxygen atoms in total. The van der Waals surface area contributed by atoms with Crippen molar-refractivity contribution < 1.29 is 4.79 Å². The number of hydrogen-bond donors (Lipinski definition) is 1. The zero-order valence-electron chi connectivity index (χ0n) is 12.6. The lowest BCUT2D eigenvalue weighted by Crippen LogP contribution is -2.54. The van der Waals surface area contributed by atoms with E-state index in [0.717, 1.165) is 44.2 Å². The molecule has 1 saturated carbocycles. The van der Waals surface area contributed by atoms with Crippen molar-refractivity contribution in [2.75, 3.05) is 31.1 Å². The molecule has 1 saturated heterocycles. The highest BCUT2D eigenvalue weighted by Crippen LogP contribution is 2.20. The van der Waals surface area contributed by atoms with Crippen LogP contribution in [-0.4, -0.2) is 54.1 Å². The second kappa shape index (κ2) is 6.75. The van der Waals surface area contributed by atoms with Crippen LogP contribution in [0, 0.1) is 0 Å². The second-order valence-electron chi connectivity index (χ2n) is 6.00. The van der Waals surface area contributed by atoms with Crippen molar-refractivity contribution >= 4 is 22.4 Å². The fourth-order valence-electron chi connectivity index (χ4n) is 3.23. The topological polar surface area (TPSA) is 48.5 Å². The molecule has 0 aromatic carbocycles. The molecule has 1 aromatic heterocycles. The minimum absolute atomic E-state index is 0.0240. The standard InChI is InChI=1S/C15H24N4OS/c1-12(14(20)17-13-4-2-3-5-13)18-7-9-19(10-8-18)15-16-6-11-21-15/h6,11-13H,2-5,7-10H2,1H3,(H,17,20)/t12-/m0/s1. The lowest BCUT2D eigenvalue weighted by atomic mass is 10.2. The van der Waals surface area contributed by atoms with Crippen molar-refractivity contribution in [1.29, 1.82) is 0 Å². The highest BCUT2D eigenvalue weighted by molar-refractivity contribution is 7.13. The number of carbonyl (C=O) groups excluding carboxylic acids is 1. The van der Waals surface area contributed by atoms with E-state index in [9.17, 15) is 4.79 Å². The molecule has 2 heterocycles. The van der Waals surface area contributed by atoms with E-state index in [2.05, 4.69) is 20.1 Å². The molecular formula is C15H24N4OS. The van der Waals surface area contributed by atoms with Crippen LogP contribution < -0.4 is 10.2 Å². The molecule has 1 aromatic rings. The van der Waals surface area contributed by atoms with Gasteiger partial charge in [-0.25, -0.2) is 4.98 Å². The van der Waals surface area contributed by atoms with E-state index >= 15 is 0 Å². The molecule has 2 fully saturated rings. The largest absolute Gasteiger partial charge is 0.352 e. The van der Waals surface area contributed by atoms with Gasteiger partial charge in [0.15, 0.2) is 5.13 Å². The molecule has 21 heavy (non-hydrogen) atoms. The first-order chi connectivity index (χ1) is 10.2. The van der Waals surface area contributed by atoms with Crippen LogP contribution in [-0.2, 0) is 4.79 Å². The number of aromatic nitrogens is 1. The predicted octanol–water partition coefficient (Wildman–Crippen LogP) is 1.71. The Hall–Kier alpha value is -1.14. The number of nitrogens with one attached hydrogen (secondary N) is 1. The smallest absolute Gasteiger partial charge is 0.237 e. The zero-order chi connectivity index (χ0) is 14.7. The number of rotatable bonds is 4. The second-order valence-corrected chi connectivity index (χ2v) is 6.88. The van der Waals surface area contributed by atoms with Crippen LogP contribution in [0.4, 0.5) is 5.13 Å². The third-order valence-corrected chi connectivity index (χ3v) is 5.47. The highest BCUT2D eigenvalue weighted by atomic mass is 32.1. The van der Waals surface area contributed by atoms with Crippen molar-refractivity contribution in [2.45, 2.75) is 44.7 Å². The molecule has 0 bridgehead atoms. The van der Waals surface area contributed by atoms with Crippen LogP contribution in [0.1, 0.15) is 32.6 Å². The van der Waals surface area contributed by atoms with Gasteiger partial charge in [-0.05, 0) is 19.8 Å². The van der Waals surface area contributed by atoms with Crippen molar-refractivity contribution in [3.63, 3.8) is 0 Å². The summed E-state index contributed by atoms with van der Waals surface area (Å²) in [6.07, 6.45) is 6.66. The van der Waals surface area contributed by atoms with Crippen LogP contribution in [0.15, 0.2) is 11.6 Å². The molecule has 2 aliphatic rings. The van der Waals surface area contributed by atoms with Gasteiger partial charge in [0.05, 0.1) is 6.04 Å². The summed E-state index contributed by atoms with van der Waals surface area (Å²) in [6, 6.07) is 0.389. The molecule has 0 unspecified atom stereocenters. The number of piperazine rings is 1. The molecule has 0 spiro atoms. The number of anilines is 1. The van der Waals surface area contributed by atoms with Gasteiger partial charge in [0.1, 0.15) is 0 Å². The van der Waals surface area contributed by atoms with E-state index < -0.39 is 0 Å². The van der Waals surface area contributed by atoms with Gasteiger partial charge in [0.2, 0.25) is 5.91 Å². The molecule has 1 N–H and O–H groups in total. The maximum atomic E-state index is 12.3. The SMILES string of the molecule is C[C@@H](C(=O)NC1CCCC1)N1CCN(c2nccs2)CC1. The van der Waals surface area contributed by atoms with Gasteiger partial charge in [0, 0.05) is 43.8 Å². The maximum Gasteiger partial charge on any atom is 0.237 e. The number of thiazole rings is 1. The monoisotopic (exact) mass is 308 g/mol. The van der Waals surface area contributed by atoms with Crippen LogP contribution in [0.3, 0.4) is 0 Å². The molecule has 1 amide bonds. The molecule has 116 valence electrons. The van der Waals surface area contributed by atoms with Gasteiger partial charge in [-0.3, -0.25) is 9.69 Å². The Bertz CT molecular complexity index is 450. The summed E-state index contributed by atoms with van der Waals surface area (Å²) < 4.78 is 0. The maximum absolute atomic E-state index is 12.3. The van der Waals surface area contributed by atoms with E-state index in [1.54, 1.807) is 11.3 Å². The number of hydrogen-bond acceptors (Lipinski definition) is 5. The highest BCUT2D eigenvalue weighted by Gasteiger charge is 2.28. The van der Waals surface area contributed by atoms with E-state index in [1.807, 2.05) is 18.5 Å². The summed E-state index contributed by atoms with van der Waals surface area (Å²) in [4.78, 5) is 21.3. The summed E-state index contributed by atoms with van der Waals surface area (Å²) in [7, 11) is 0. The summed E-state index contributed by atoms with van der Waals surface area (Å²) in [6.45, 7) is 5.80. The van der Waals surface area contributed by atoms with Gasteiger partial charge < -0.3 is 10.2 Å². The minimum Gasteiger partial charge on any atom is -0.352 e. The first kappa shape index (κ1) is 14.8. The van der Waals surface area contributed by atoms with Gasteiger partial charge >= 0.3 is 0 Å². The Kier molecular flexibility index (Phi) is 4.75. The summed E-state index contributed by atoms with van der Waals surface area (Å²) >= 11 is 1.68. The fraction of sp³-hybridized carbons (Fsp3) is 0.733. The van der Waals surface area contributed by atoms with Crippen molar-refractivity contribution in [1.82, 2.24) is 15.2 Å². The predicted molar refractivity (Wildman–Crippen MR) is 85.8 cm³/mol. The van der Waals surface area contributed by atoms with Crippen LogP contribution in [0.2, 0.25) is 0 Å². The Morgan fingerprint density at radius 2 is 2.05 bits per heavy atom. The molecule has 1 aliphatic heterocycles. The van der Waals surface area contributed by atoms with Gasteiger partial charge in [-0.15, -0.1) is 11.3 Å². The third-order valence-electron chi connectivity index (χ3n) is 4.63. The van der Waals surface area contributed by atoms with Crippen molar-refractivity contribution in [2.24, 2.45) is 0 Å². The van der Waals surface area contributed by atoms with E-state index in [0.29, 0.717) is 6.04 Å². The van der Waals surface area contributed by atoms with E-state index in [-0.39, 0.29) is 11.9 Å². The molecule has 1 aliphatic carbocycles. The Morgan fingerprint density at radius 3 is 2.67 bits per heavy atom. The Morgan fingerprint density at radius 1 is 1.33 bits per heavy atom. The molecule has 6 heteroatoms. The fourth-order valence-corrected chi connectivity index (χ4v) is 3.93. The first-order valence-electron chi connectivity index (χ1n) is 7.93. The summed E-state index contributed by atoms with van der Waals surface area (Å²) in [5.74, 6) is 0.199. The first-order valence-corrected chi connectivity index (χ1v) is 8.81. The van der Waals surface area contributed by atoms with Gasteiger partial charge in [0.25, 0.3) is 0 Å². The normalized spacial score (nSPS) is 22.4. The average Bonchev–Trinajstić information content (AvgIpc) is 3.20. The van der Waals surface area contributed by atoms with Crippen LogP contribution >= 0.6 is 11.3 Å². The van der Waals surface area contributed by atoms with Gasteiger partial charge in [-0.2, -0.15) is 0 Å². The number of amides is 1. The average molecular weight is 308 g/mol. The van der Waals surface area contributed by atoms with Crippen molar-refractivity contribution in [3.8, 4) is 0 Å².